The number of hydrogen-bond donors (Lipinski definition) is 4. The lowest BCUT2D eigenvalue weighted by molar-refractivity contribution is 0.153. The number of nitrogens with two attached hydrogens (primary N) is 4. The lowest BCUT2D eigenvalue weighted by atomic mass is 9.98. The van der Waals surface area contributed by atoms with Gasteiger partial charge in [0, 0.05) is 20.1 Å². The molecule has 0 spiro atoms. The molecule has 3 aliphatic rings. The first-order chi connectivity index (χ1) is 16.8. The Morgan fingerprint density at radius 2 is 1.63 bits per heavy atom. The first kappa shape index (κ1) is 25.4. The molecule has 4 rings (SSSR count). The van der Waals surface area contributed by atoms with Gasteiger partial charge >= 0.3 is 0 Å². The van der Waals surface area contributed by atoms with Crippen LogP contribution in [0.15, 0.2) is 22.9 Å². The van der Waals surface area contributed by atoms with Crippen molar-refractivity contribution in [2.75, 3.05) is 26.7 Å². The number of hydrogen-bond acceptors (Lipinski definition) is 8. The number of ether oxygens (including phenoxy) is 1. The van der Waals surface area contributed by atoms with E-state index in [0.29, 0.717) is 23.0 Å². The highest BCUT2D eigenvalue weighted by Gasteiger charge is 2.30. The van der Waals surface area contributed by atoms with Crippen molar-refractivity contribution in [2.45, 2.75) is 70.8 Å². The molecule has 0 bridgehead atoms. The van der Waals surface area contributed by atoms with E-state index in [4.69, 9.17) is 32.9 Å². The van der Waals surface area contributed by atoms with Crippen LogP contribution in [0.3, 0.4) is 0 Å². The lowest BCUT2D eigenvalue weighted by Gasteiger charge is -2.27. The molecule has 10 heteroatoms. The number of rotatable bonds is 11. The van der Waals surface area contributed by atoms with Crippen LogP contribution in [-0.4, -0.2) is 58.8 Å². The molecule has 8 N–H and O–H groups in total. The van der Waals surface area contributed by atoms with Crippen molar-refractivity contribution >= 4 is 11.7 Å². The summed E-state index contributed by atoms with van der Waals surface area (Å²) in [7, 11) is 1.73. The molecule has 0 aliphatic heterocycles. The van der Waals surface area contributed by atoms with Crippen LogP contribution in [0.2, 0.25) is 0 Å². The predicted octanol–water partition coefficient (Wildman–Crippen LogP) is 2.06. The molecule has 0 unspecified atom stereocenters. The fourth-order valence-electron chi connectivity index (χ4n) is 4.59. The van der Waals surface area contributed by atoms with Crippen molar-refractivity contribution in [1.82, 2.24) is 20.0 Å². The maximum absolute atomic E-state index is 6.51. The monoisotopic (exact) mass is 485 g/mol. The minimum absolute atomic E-state index is 0.196. The Balaban J connectivity index is 1.44. The Bertz CT molecular complexity index is 904. The summed E-state index contributed by atoms with van der Waals surface area (Å²) in [6, 6.07) is 3.81. The first-order valence-electron chi connectivity index (χ1n) is 13.0. The molecule has 3 saturated carbocycles. The molecule has 0 saturated heterocycles. The molecule has 10 nitrogen and oxygen atoms in total. The van der Waals surface area contributed by atoms with Gasteiger partial charge in [-0.3, -0.25) is 0 Å². The first-order valence-corrected chi connectivity index (χ1v) is 13.0. The van der Waals surface area contributed by atoms with Crippen LogP contribution >= 0.6 is 0 Å². The fourth-order valence-corrected chi connectivity index (χ4v) is 4.59. The number of hydrazine groups is 2. The second-order valence-electron chi connectivity index (χ2n) is 10.5. The summed E-state index contributed by atoms with van der Waals surface area (Å²) >= 11 is 0. The van der Waals surface area contributed by atoms with Gasteiger partial charge in [-0.2, -0.15) is 0 Å². The highest BCUT2D eigenvalue weighted by Crippen LogP contribution is 2.33. The number of pyridine rings is 1. The average Bonchev–Trinajstić information content (AvgIpc) is 3.75. The second kappa shape index (κ2) is 11.3. The van der Waals surface area contributed by atoms with Gasteiger partial charge in [-0.25, -0.2) is 21.8 Å². The van der Waals surface area contributed by atoms with Gasteiger partial charge in [-0.15, -0.1) is 5.10 Å². The predicted molar refractivity (Wildman–Crippen MR) is 139 cm³/mol. The van der Waals surface area contributed by atoms with Crippen LogP contribution in [0.1, 0.15) is 69.2 Å². The minimum atomic E-state index is 0.196. The molecule has 1 heterocycles. The molecule has 194 valence electrons. The average molecular weight is 486 g/mol. The zero-order valence-electron chi connectivity index (χ0n) is 21.3. The molecular formula is C25H43N9O. The van der Waals surface area contributed by atoms with Crippen LogP contribution in [-0.2, 0) is 0 Å². The minimum Gasteiger partial charge on any atom is -0.489 e. The van der Waals surface area contributed by atoms with Gasteiger partial charge in [0.05, 0.1) is 35.4 Å². The van der Waals surface area contributed by atoms with E-state index in [1.165, 1.54) is 55.1 Å². The fraction of sp³-hybridized carbons (Fsp3) is 0.680. The van der Waals surface area contributed by atoms with Gasteiger partial charge in [-0.05, 0) is 82.3 Å². The lowest BCUT2D eigenvalue weighted by Crippen LogP contribution is -2.44. The summed E-state index contributed by atoms with van der Waals surface area (Å²) in [6.07, 6.45) is 11.2. The van der Waals surface area contributed by atoms with E-state index in [1.54, 1.807) is 7.05 Å². The maximum Gasteiger partial charge on any atom is 0.215 e. The van der Waals surface area contributed by atoms with Gasteiger partial charge in [0.1, 0.15) is 5.75 Å². The van der Waals surface area contributed by atoms with Gasteiger partial charge in [-0.1, -0.05) is 6.42 Å². The van der Waals surface area contributed by atoms with Crippen molar-refractivity contribution in [1.29, 1.82) is 0 Å². The molecular weight excluding hydrogens is 442 g/mol. The van der Waals surface area contributed by atoms with Crippen LogP contribution in [0.5, 0.6) is 5.75 Å². The van der Waals surface area contributed by atoms with E-state index in [-0.39, 0.29) is 12.6 Å². The summed E-state index contributed by atoms with van der Waals surface area (Å²) in [5.74, 6) is 15.1. The topological polar surface area (TPSA) is 148 Å². The molecule has 0 radical (unpaired) electrons. The van der Waals surface area contributed by atoms with Gasteiger partial charge in [0.2, 0.25) is 5.96 Å². The molecule has 0 atom stereocenters. The molecule has 35 heavy (non-hydrogen) atoms. The Morgan fingerprint density at radius 1 is 1.00 bits per heavy atom. The van der Waals surface area contributed by atoms with Crippen molar-refractivity contribution in [3.63, 3.8) is 0 Å². The zero-order valence-corrected chi connectivity index (χ0v) is 21.3. The molecule has 1 aromatic heterocycles. The second-order valence-corrected chi connectivity index (χ2v) is 10.5. The van der Waals surface area contributed by atoms with E-state index >= 15 is 0 Å². The third-order valence-electron chi connectivity index (χ3n) is 7.11. The standard InChI is InChI=1S/C25H43N9O/c1-17-23(35-20-6-4-3-5-7-20)13-12-21(30-17)24(26)22(32(2)28)16-34(29)31-25(27)33(14-18-8-9-18)15-19-10-11-19/h12-13,18-20H,3-11,14-16,26,28-29H2,1-2H3,(H2,27,31)/b24-22-. The number of aryl methyl sites for hydroxylation is 1. The summed E-state index contributed by atoms with van der Waals surface area (Å²) in [5, 5.41) is 7.21. The normalized spacial score (nSPS) is 19.8. The third kappa shape index (κ3) is 7.38. The van der Waals surface area contributed by atoms with E-state index in [0.717, 1.165) is 49.2 Å². The Kier molecular flexibility index (Phi) is 8.22. The summed E-state index contributed by atoms with van der Waals surface area (Å²) in [5.41, 5.74) is 15.3. The number of likely N-dealkylation sites (N-methyl/N-ethyl adjacent to an activating group) is 1. The van der Waals surface area contributed by atoms with E-state index < -0.39 is 0 Å². The number of nitrogens with zero attached hydrogens (tertiary/aromatic N) is 5. The van der Waals surface area contributed by atoms with Gasteiger partial charge < -0.3 is 26.1 Å². The largest absolute Gasteiger partial charge is 0.489 e. The Hall–Kier alpha value is -2.72. The van der Waals surface area contributed by atoms with Crippen LogP contribution in [0, 0.1) is 18.8 Å². The van der Waals surface area contributed by atoms with Crippen molar-refractivity contribution in [2.24, 2.45) is 40.1 Å². The van der Waals surface area contributed by atoms with Gasteiger partial charge in [0.25, 0.3) is 0 Å². The molecule has 1 aromatic rings. The number of hydrazone groups is 1. The zero-order chi connectivity index (χ0) is 24.9. The molecule has 3 aliphatic carbocycles. The molecule has 3 fully saturated rings. The molecule has 0 aromatic carbocycles. The van der Waals surface area contributed by atoms with E-state index in [1.807, 2.05) is 19.1 Å². The summed E-state index contributed by atoms with van der Waals surface area (Å²) < 4.78 is 6.20. The highest BCUT2D eigenvalue weighted by atomic mass is 16.5. The van der Waals surface area contributed by atoms with Crippen molar-refractivity contribution < 1.29 is 4.74 Å². The quantitative estimate of drug-likeness (QED) is 0.160. The number of aromatic nitrogens is 1. The Labute approximate surface area is 209 Å². The van der Waals surface area contributed by atoms with Crippen molar-refractivity contribution in [3.8, 4) is 5.75 Å². The van der Waals surface area contributed by atoms with E-state index in [2.05, 4.69) is 10.0 Å². The van der Waals surface area contributed by atoms with Crippen LogP contribution < -0.4 is 27.9 Å². The van der Waals surface area contributed by atoms with Crippen molar-refractivity contribution in [3.05, 3.63) is 29.2 Å². The third-order valence-corrected chi connectivity index (χ3v) is 7.11. The number of guanidine groups is 1. The Morgan fingerprint density at radius 3 is 2.17 bits per heavy atom. The highest BCUT2D eigenvalue weighted by molar-refractivity contribution is 5.78. The summed E-state index contributed by atoms with van der Waals surface area (Å²) in [4.78, 5) is 6.87. The van der Waals surface area contributed by atoms with Crippen LogP contribution in [0.25, 0.3) is 5.70 Å². The smallest absolute Gasteiger partial charge is 0.215 e. The van der Waals surface area contributed by atoms with Crippen LogP contribution in [0.4, 0.5) is 0 Å². The van der Waals surface area contributed by atoms with E-state index in [9.17, 15) is 0 Å². The molecule has 0 amide bonds. The maximum atomic E-state index is 6.51. The SMILES string of the molecule is Cc1nc(/C(N)=C(\CN(N)/N=C(\N)N(CC2CC2)CC2CC2)N(C)N)ccc1OC1CCCCC1. The summed E-state index contributed by atoms with van der Waals surface area (Å²) in [6.45, 7) is 4.02. The van der Waals surface area contributed by atoms with Gasteiger partial charge in [0.15, 0.2) is 0 Å².